The molecule has 4 heteroatoms. The first kappa shape index (κ1) is 10.9. The van der Waals surface area contributed by atoms with E-state index >= 15 is 0 Å². The Hall–Kier alpha value is -1.60. The van der Waals surface area contributed by atoms with Gasteiger partial charge >= 0.3 is 0 Å². The van der Waals surface area contributed by atoms with Gasteiger partial charge in [0.25, 0.3) is 0 Å². The number of rotatable bonds is 1. The minimum absolute atomic E-state index is 0.103. The van der Waals surface area contributed by atoms with Crippen LogP contribution in [0.25, 0.3) is 0 Å². The monoisotopic (exact) mass is 219 g/mol. The second-order valence-corrected chi connectivity index (χ2v) is 4.02. The van der Waals surface area contributed by atoms with Crippen LogP contribution in [0.15, 0.2) is 18.2 Å². The first-order valence-corrected chi connectivity index (χ1v) is 5.39. The number of nitrogens with zero attached hydrogens (tertiary/aromatic N) is 2. The van der Waals surface area contributed by atoms with E-state index in [4.69, 9.17) is 5.26 Å². The third-order valence-corrected chi connectivity index (χ3v) is 2.91. The number of halogens is 1. The fourth-order valence-electron chi connectivity index (χ4n) is 2.00. The number of piperazine rings is 1. The smallest absolute Gasteiger partial charge is 0.143 e. The summed E-state index contributed by atoms with van der Waals surface area (Å²) in [5, 5.41) is 11.9. The van der Waals surface area contributed by atoms with Gasteiger partial charge < -0.3 is 10.2 Å². The molecule has 1 aliphatic rings. The molecule has 1 saturated heterocycles. The van der Waals surface area contributed by atoms with Crippen molar-refractivity contribution >= 4 is 5.69 Å². The van der Waals surface area contributed by atoms with Crippen molar-refractivity contribution in [2.45, 2.75) is 13.0 Å². The topological polar surface area (TPSA) is 39.1 Å². The molecule has 0 radical (unpaired) electrons. The normalized spacial score (nSPS) is 20.6. The highest BCUT2D eigenvalue weighted by Gasteiger charge is 2.18. The van der Waals surface area contributed by atoms with Crippen LogP contribution in [0.5, 0.6) is 0 Å². The summed E-state index contributed by atoms with van der Waals surface area (Å²) in [7, 11) is 0. The Morgan fingerprint density at radius 1 is 1.56 bits per heavy atom. The second-order valence-electron chi connectivity index (χ2n) is 4.02. The predicted molar refractivity (Wildman–Crippen MR) is 60.8 cm³/mol. The van der Waals surface area contributed by atoms with Gasteiger partial charge in [-0.05, 0) is 25.1 Å². The van der Waals surface area contributed by atoms with Crippen LogP contribution in [-0.4, -0.2) is 25.7 Å². The number of benzene rings is 1. The summed E-state index contributed by atoms with van der Waals surface area (Å²) in [4.78, 5) is 2.15. The number of nitrogens with one attached hydrogen (secondary N) is 1. The number of hydrogen-bond donors (Lipinski definition) is 1. The molecule has 0 spiro atoms. The van der Waals surface area contributed by atoms with E-state index in [0.717, 1.165) is 25.3 Å². The molecule has 1 fully saturated rings. The van der Waals surface area contributed by atoms with Gasteiger partial charge in [0.1, 0.15) is 11.9 Å². The van der Waals surface area contributed by atoms with Crippen LogP contribution in [0.4, 0.5) is 10.1 Å². The van der Waals surface area contributed by atoms with Crippen molar-refractivity contribution in [3.63, 3.8) is 0 Å². The maximum atomic E-state index is 13.5. The Kier molecular flexibility index (Phi) is 3.07. The summed E-state index contributed by atoms with van der Waals surface area (Å²) in [6.07, 6.45) is 0. The number of anilines is 1. The molecule has 0 bridgehead atoms. The maximum Gasteiger partial charge on any atom is 0.143 e. The van der Waals surface area contributed by atoms with Gasteiger partial charge in [0.15, 0.2) is 0 Å². The molecule has 3 nitrogen and oxygen atoms in total. The van der Waals surface area contributed by atoms with Gasteiger partial charge in [0, 0.05) is 31.4 Å². The molecule has 1 N–H and O–H groups in total. The molecule has 0 amide bonds. The van der Waals surface area contributed by atoms with Crippen molar-refractivity contribution in [2.24, 2.45) is 0 Å². The summed E-state index contributed by atoms with van der Waals surface area (Å²) in [5.74, 6) is -0.439. The fraction of sp³-hybridized carbons (Fsp3) is 0.417. The lowest BCUT2D eigenvalue weighted by molar-refractivity contribution is 0.499. The Labute approximate surface area is 94.5 Å². The molecule has 84 valence electrons. The molecule has 1 atom stereocenters. The molecule has 2 rings (SSSR count). The van der Waals surface area contributed by atoms with Crippen LogP contribution in [-0.2, 0) is 0 Å². The summed E-state index contributed by atoms with van der Waals surface area (Å²) in [6.45, 7) is 4.78. The predicted octanol–water partition coefficient (Wildman–Crippen LogP) is 1.50. The number of nitriles is 1. The SMILES string of the molecule is CC1CNCCN1c1ccc(C#N)c(F)c1. The Balaban J connectivity index is 2.27. The third-order valence-electron chi connectivity index (χ3n) is 2.91. The van der Waals surface area contributed by atoms with Gasteiger partial charge in [0.05, 0.1) is 5.56 Å². The third kappa shape index (κ3) is 2.00. The van der Waals surface area contributed by atoms with Crippen LogP contribution in [0.2, 0.25) is 0 Å². The van der Waals surface area contributed by atoms with E-state index < -0.39 is 5.82 Å². The molecule has 16 heavy (non-hydrogen) atoms. The van der Waals surface area contributed by atoms with Crippen LogP contribution in [0, 0.1) is 17.1 Å². The maximum absolute atomic E-state index is 13.5. The molecule has 1 aliphatic heterocycles. The minimum Gasteiger partial charge on any atom is -0.366 e. The first-order chi connectivity index (χ1) is 7.72. The molecular weight excluding hydrogens is 205 g/mol. The van der Waals surface area contributed by atoms with E-state index in [9.17, 15) is 4.39 Å². The molecule has 1 aromatic rings. The number of hydrogen-bond acceptors (Lipinski definition) is 3. The van der Waals surface area contributed by atoms with Crippen molar-refractivity contribution in [3.05, 3.63) is 29.6 Å². The lowest BCUT2D eigenvalue weighted by Gasteiger charge is -2.35. The average Bonchev–Trinajstić information content (AvgIpc) is 2.29. The van der Waals surface area contributed by atoms with E-state index in [1.807, 2.05) is 12.1 Å². The Bertz CT molecular complexity index is 425. The van der Waals surface area contributed by atoms with E-state index in [1.165, 1.54) is 6.07 Å². The van der Waals surface area contributed by atoms with Crippen molar-refractivity contribution in [1.82, 2.24) is 5.32 Å². The minimum atomic E-state index is -0.439. The van der Waals surface area contributed by atoms with Gasteiger partial charge in [-0.2, -0.15) is 5.26 Å². The fourth-order valence-corrected chi connectivity index (χ4v) is 2.00. The second kappa shape index (κ2) is 4.50. The van der Waals surface area contributed by atoms with Crippen LogP contribution in [0.3, 0.4) is 0 Å². The Morgan fingerprint density at radius 2 is 2.38 bits per heavy atom. The quantitative estimate of drug-likeness (QED) is 0.778. The van der Waals surface area contributed by atoms with Crippen LogP contribution < -0.4 is 10.2 Å². The molecule has 1 unspecified atom stereocenters. The van der Waals surface area contributed by atoms with Crippen molar-refractivity contribution in [3.8, 4) is 6.07 Å². The summed E-state index contributed by atoms with van der Waals surface area (Å²) in [5.41, 5.74) is 0.956. The molecular formula is C12H14FN3. The highest BCUT2D eigenvalue weighted by atomic mass is 19.1. The lowest BCUT2D eigenvalue weighted by atomic mass is 10.1. The van der Waals surface area contributed by atoms with E-state index in [1.54, 1.807) is 6.07 Å². The summed E-state index contributed by atoms with van der Waals surface area (Å²) >= 11 is 0. The Morgan fingerprint density at radius 3 is 3.00 bits per heavy atom. The zero-order valence-electron chi connectivity index (χ0n) is 9.20. The lowest BCUT2D eigenvalue weighted by Crippen LogP contribution is -2.49. The van der Waals surface area contributed by atoms with Crippen LogP contribution in [0.1, 0.15) is 12.5 Å². The van der Waals surface area contributed by atoms with Gasteiger partial charge in [-0.1, -0.05) is 0 Å². The summed E-state index contributed by atoms with van der Waals surface area (Å²) in [6, 6.07) is 6.97. The molecule has 0 saturated carbocycles. The van der Waals surface area contributed by atoms with Gasteiger partial charge in [-0.15, -0.1) is 0 Å². The molecule has 1 heterocycles. The van der Waals surface area contributed by atoms with Crippen molar-refractivity contribution in [1.29, 1.82) is 5.26 Å². The largest absolute Gasteiger partial charge is 0.366 e. The van der Waals surface area contributed by atoms with Crippen LogP contribution >= 0.6 is 0 Å². The zero-order valence-corrected chi connectivity index (χ0v) is 9.20. The van der Waals surface area contributed by atoms with Gasteiger partial charge in [-0.3, -0.25) is 0 Å². The van der Waals surface area contributed by atoms with E-state index in [2.05, 4.69) is 17.1 Å². The molecule has 0 aliphatic carbocycles. The highest BCUT2D eigenvalue weighted by molar-refractivity contribution is 5.51. The average molecular weight is 219 g/mol. The molecule has 1 aromatic carbocycles. The van der Waals surface area contributed by atoms with Crippen molar-refractivity contribution < 1.29 is 4.39 Å². The van der Waals surface area contributed by atoms with Gasteiger partial charge in [0.2, 0.25) is 0 Å². The first-order valence-electron chi connectivity index (χ1n) is 5.39. The highest BCUT2D eigenvalue weighted by Crippen LogP contribution is 2.21. The van der Waals surface area contributed by atoms with Gasteiger partial charge in [-0.25, -0.2) is 4.39 Å². The molecule has 0 aromatic heterocycles. The standard InChI is InChI=1S/C12H14FN3/c1-9-8-15-4-5-16(9)11-3-2-10(7-14)12(13)6-11/h2-3,6,9,15H,4-5,8H2,1H3. The summed E-state index contributed by atoms with van der Waals surface area (Å²) < 4.78 is 13.5. The van der Waals surface area contributed by atoms with E-state index in [-0.39, 0.29) is 5.56 Å². The zero-order chi connectivity index (χ0) is 11.5. The van der Waals surface area contributed by atoms with Crippen molar-refractivity contribution in [2.75, 3.05) is 24.5 Å². The van der Waals surface area contributed by atoms with E-state index in [0.29, 0.717) is 6.04 Å².